The molecule has 0 aliphatic rings. The molecule has 1 aromatic heterocycles. The van der Waals surface area contributed by atoms with E-state index in [0.29, 0.717) is 6.54 Å². The number of nitrogens with zero attached hydrogens (tertiary/aromatic N) is 3. The van der Waals surface area contributed by atoms with Gasteiger partial charge in [-0.05, 0) is 47.7 Å². The zero-order valence-electron chi connectivity index (χ0n) is 9.52. The molecule has 0 aliphatic carbocycles. The van der Waals surface area contributed by atoms with Crippen molar-refractivity contribution < 1.29 is 0 Å². The van der Waals surface area contributed by atoms with Gasteiger partial charge in [0.05, 0.1) is 17.9 Å². The fourth-order valence-corrected chi connectivity index (χ4v) is 2.06. The molecule has 2 rings (SSSR count). The van der Waals surface area contributed by atoms with Gasteiger partial charge in [0.1, 0.15) is 6.33 Å². The van der Waals surface area contributed by atoms with Gasteiger partial charge in [-0.3, -0.25) is 0 Å². The summed E-state index contributed by atoms with van der Waals surface area (Å²) < 4.78 is 3.12. The van der Waals surface area contributed by atoms with E-state index in [-0.39, 0.29) is 0 Å². The molecule has 0 saturated heterocycles. The highest BCUT2D eigenvalue weighted by Gasteiger charge is 2.04. The molecular weight excluding hydrogens is 329 g/mol. The second kappa shape index (κ2) is 5.35. The minimum absolute atomic E-state index is 0.624. The summed E-state index contributed by atoms with van der Waals surface area (Å²) in [5.74, 6) is 0.908. The van der Waals surface area contributed by atoms with Gasteiger partial charge in [0, 0.05) is 10.1 Å². The van der Waals surface area contributed by atoms with Gasteiger partial charge in [-0.1, -0.05) is 0 Å². The Morgan fingerprint density at radius 1 is 1.47 bits per heavy atom. The third-order valence-electron chi connectivity index (χ3n) is 2.49. The quantitative estimate of drug-likeness (QED) is 0.659. The summed E-state index contributed by atoms with van der Waals surface area (Å²) in [6.07, 6.45) is 1.73. The van der Waals surface area contributed by atoms with E-state index < -0.39 is 0 Å². The summed E-state index contributed by atoms with van der Waals surface area (Å²) in [7, 11) is 0. The van der Waals surface area contributed by atoms with E-state index in [1.54, 1.807) is 6.33 Å². The van der Waals surface area contributed by atoms with Crippen LogP contribution in [0.15, 0.2) is 24.5 Å². The number of nitrogens with two attached hydrogens (primary N) is 1. The molecule has 0 aliphatic heterocycles. The average Bonchev–Trinajstić information content (AvgIpc) is 2.75. The highest BCUT2D eigenvalue weighted by Crippen LogP contribution is 2.21. The molecule has 0 spiro atoms. The topological polar surface area (TPSA) is 68.8 Å². The first-order chi connectivity index (χ1) is 8.20. The molecular formula is C11H14IN5. The Hall–Kier alpha value is -1.31. The molecule has 1 aromatic carbocycles. The van der Waals surface area contributed by atoms with Gasteiger partial charge in [-0.15, -0.1) is 10.2 Å². The van der Waals surface area contributed by atoms with Crippen molar-refractivity contribution in [3.8, 4) is 0 Å². The molecule has 90 valence electrons. The lowest BCUT2D eigenvalue weighted by molar-refractivity contribution is 0.708. The van der Waals surface area contributed by atoms with E-state index in [9.17, 15) is 0 Å². The van der Waals surface area contributed by atoms with Crippen LogP contribution in [0.2, 0.25) is 0 Å². The summed E-state index contributed by atoms with van der Waals surface area (Å²) >= 11 is 2.24. The van der Waals surface area contributed by atoms with Gasteiger partial charge in [-0.2, -0.15) is 0 Å². The van der Waals surface area contributed by atoms with Gasteiger partial charge in [0.25, 0.3) is 0 Å². The molecule has 3 N–H and O–H groups in total. The van der Waals surface area contributed by atoms with E-state index in [0.717, 1.165) is 27.3 Å². The van der Waals surface area contributed by atoms with Gasteiger partial charge in [0.15, 0.2) is 5.82 Å². The van der Waals surface area contributed by atoms with Gasteiger partial charge >= 0.3 is 0 Å². The van der Waals surface area contributed by atoms with Crippen molar-refractivity contribution in [2.45, 2.75) is 20.0 Å². The van der Waals surface area contributed by atoms with Crippen LogP contribution in [0.3, 0.4) is 0 Å². The number of aryl methyl sites for hydroxylation is 1. The third-order valence-corrected chi connectivity index (χ3v) is 3.16. The van der Waals surface area contributed by atoms with Crippen molar-refractivity contribution in [1.29, 1.82) is 0 Å². The maximum Gasteiger partial charge on any atom is 0.152 e. The van der Waals surface area contributed by atoms with Crippen LogP contribution in [0, 0.1) is 3.57 Å². The van der Waals surface area contributed by atoms with Crippen LogP contribution >= 0.6 is 22.6 Å². The highest BCUT2D eigenvalue weighted by molar-refractivity contribution is 14.1. The molecule has 0 fully saturated rings. The number of halogens is 1. The number of anilines is 2. The molecule has 1 heterocycles. The number of hydrogen-bond donors (Lipinski definition) is 2. The molecule has 0 unspecified atom stereocenters. The predicted molar refractivity (Wildman–Crippen MR) is 76.6 cm³/mol. The van der Waals surface area contributed by atoms with Gasteiger partial charge in [-0.25, -0.2) is 0 Å². The molecule has 5 nitrogen and oxygen atoms in total. The second-order valence-electron chi connectivity index (χ2n) is 3.62. The van der Waals surface area contributed by atoms with E-state index in [4.69, 9.17) is 5.73 Å². The molecule has 0 saturated carbocycles. The zero-order valence-corrected chi connectivity index (χ0v) is 11.7. The van der Waals surface area contributed by atoms with Crippen LogP contribution in [0.5, 0.6) is 0 Å². The largest absolute Gasteiger partial charge is 0.397 e. The smallest absolute Gasteiger partial charge is 0.152 e. The Balaban J connectivity index is 2.07. The number of nitrogens with one attached hydrogen (secondary N) is 1. The highest BCUT2D eigenvalue weighted by atomic mass is 127. The van der Waals surface area contributed by atoms with Gasteiger partial charge < -0.3 is 15.6 Å². The standard InChI is InChI=1S/C11H14IN5/c1-2-17-7-15-16-11(17)6-14-10-4-3-8(12)5-9(10)13/h3-5,7,14H,2,6,13H2,1H3. The first-order valence-corrected chi connectivity index (χ1v) is 6.44. The van der Waals surface area contributed by atoms with Crippen molar-refractivity contribution in [3.63, 3.8) is 0 Å². The van der Waals surface area contributed by atoms with E-state index in [2.05, 4.69) is 45.0 Å². The molecule has 2 aromatic rings. The molecule has 0 bridgehead atoms. The molecule has 6 heteroatoms. The third kappa shape index (κ3) is 2.87. The Morgan fingerprint density at radius 3 is 3.00 bits per heavy atom. The summed E-state index contributed by atoms with van der Waals surface area (Å²) in [5.41, 5.74) is 7.60. The lowest BCUT2D eigenvalue weighted by Crippen LogP contribution is -2.08. The van der Waals surface area contributed by atoms with Crippen LogP contribution in [0.1, 0.15) is 12.7 Å². The Labute approximate surface area is 114 Å². The molecule has 17 heavy (non-hydrogen) atoms. The minimum atomic E-state index is 0.624. The average molecular weight is 343 g/mol. The summed E-state index contributed by atoms with van der Waals surface area (Å²) in [6.45, 7) is 3.55. The van der Waals surface area contributed by atoms with E-state index in [1.165, 1.54) is 0 Å². The minimum Gasteiger partial charge on any atom is -0.397 e. The summed E-state index contributed by atoms with van der Waals surface area (Å²) in [5, 5.41) is 11.2. The molecule has 0 atom stereocenters. The van der Waals surface area contributed by atoms with Crippen molar-refractivity contribution in [2.75, 3.05) is 11.1 Å². The zero-order chi connectivity index (χ0) is 12.3. The maximum atomic E-state index is 5.92. The van der Waals surface area contributed by atoms with E-state index in [1.807, 2.05) is 22.8 Å². The number of hydrogen-bond acceptors (Lipinski definition) is 4. The van der Waals surface area contributed by atoms with Crippen LogP contribution < -0.4 is 11.1 Å². The molecule has 0 amide bonds. The Morgan fingerprint density at radius 2 is 2.29 bits per heavy atom. The van der Waals surface area contributed by atoms with Crippen LogP contribution in [0.25, 0.3) is 0 Å². The predicted octanol–water partition coefficient (Wildman–Crippen LogP) is 2.10. The maximum absolute atomic E-state index is 5.92. The molecule has 0 radical (unpaired) electrons. The van der Waals surface area contributed by atoms with Crippen molar-refractivity contribution in [3.05, 3.63) is 33.9 Å². The van der Waals surface area contributed by atoms with Crippen molar-refractivity contribution in [1.82, 2.24) is 14.8 Å². The normalized spacial score (nSPS) is 10.5. The second-order valence-corrected chi connectivity index (χ2v) is 4.86. The lowest BCUT2D eigenvalue weighted by Gasteiger charge is -2.09. The van der Waals surface area contributed by atoms with Crippen LogP contribution in [-0.4, -0.2) is 14.8 Å². The van der Waals surface area contributed by atoms with Gasteiger partial charge in [0.2, 0.25) is 0 Å². The lowest BCUT2D eigenvalue weighted by atomic mass is 10.2. The number of nitrogen functional groups attached to an aromatic ring is 1. The van der Waals surface area contributed by atoms with Crippen molar-refractivity contribution in [2.24, 2.45) is 0 Å². The Bertz CT molecular complexity index is 508. The summed E-state index contributed by atoms with van der Waals surface area (Å²) in [6, 6.07) is 5.93. The first-order valence-electron chi connectivity index (χ1n) is 5.36. The Kier molecular flexibility index (Phi) is 3.82. The number of aromatic nitrogens is 3. The number of benzene rings is 1. The van der Waals surface area contributed by atoms with Crippen LogP contribution in [0.4, 0.5) is 11.4 Å². The SMILES string of the molecule is CCn1cnnc1CNc1ccc(I)cc1N. The summed E-state index contributed by atoms with van der Waals surface area (Å²) in [4.78, 5) is 0. The fourth-order valence-electron chi connectivity index (χ4n) is 1.55. The number of rotatable bonds is 4. The first kappa shape index (κ1) is 12.2. The van der Waals surface area contributed by atoms with Crippen molar-refractivity contribution >= 4 is 34.0 Å². The van der Waals surface area contributed by atoms with Crippen LogP contribution in [-0.2, 0) is 13.1 Å². The van der Waals surface area contributed by atoms with E-state index >= 15 is 0 Å². The fraction of sp³-hybridized carbons (Fsp3) is 0.273. The monoisotopic (exact) mass is 343 g/mol.